The van der Waals surface area contributed by atoms with E-state index in [2.05, 4.69) is 4.72 Å². The number of ketones is 1. The minimum absolute atomic E-state index is 0.00643. The van der Waals surface area contributed by atoms with Crippen LogP contribution in [0.1, 0.15) is 19.4 Å². The number of aryl methyl sites for hydroxylation is 1. The van der Waals surface area contributed by atoms with Gasteiger partial charge in [0.15, 0.2) is 5.78 Å². The molecule has 136 valence electrons. The molecule has 0 aliphatic heterocycles. The first-order chi connectivity index (χ1) is 11.5. The zero-order valence-corrected chi connectivity index (χ0v) is 14.9. The lowest BCUT2D eigenvalue weighted by Crippen LogP contribution is -2.31. The van der Waals surface area contributed by atoms with E-state index in [1.54, 1.807) is 12.1 Å². The topological polar surface area (TPSA) is 134 Å². The molecule has 0 fully saturated rings. The predicted molar refractivity (Wildman–Crippen MR) is 91.1 cm³/mol. The van der Waals surface area contributed by atoms with Crippen LogP contribution in [0, 0.1) is 12.3 Å². The number of rotatable bonds is 8. The van der Waals surface area contributed by atoms with Crippen molar-refractivity contribution < 1.29 is 27.9 Å². The summed E-state index contributed by atoms with van der Waals surface area (Å²) < 4.78 is 30.8. The van der Waals surface area contributed by atoms with Crippen molar-refractivity contribution >= 4 is 27.5 Å². The first-order valence-electron chi connectivity index (χ1n) is 7.25. The number of sulfonamides is 1. The molecule has 0 atom stereocenters. The summed E-state index contributed by atoms with van der Waals surface area (Å²) in [5.41, 5.74) is 0.484. The van der Waals surface area contributed by atoms with Gasteiger partial charge in [-0.1, -0.05) is 17.7 Å². The van der Waals surface area contributed by atoms with Crippen molar-refractivity contribution in [3.05, 3.63) is 41.2 Å². The summed E-state index contributed by atoms with van der Waals surface area (Å²) in [5.74, 6) is -2.04. The van der Waals surface area contributed by atoms with Gasteiger partial charge in [0.1, 0.15) is 18.9 Å². The fraction of sp³-hybridized carbons (Fsp3) is 0.312. The predicted octanol–water partition coefficient (Wildman–Crippen LogP) is 1.26. The van der Waals surface area contributed by atoms with Crippen molar-refractivity contribution in [2.45, 2.75) is 25.7 Å². The summed E-state index contributed by atoms with van der Waals surface area (Å²) >= 11 is 0. The van der Waals surface area contributed by atoms with Crippen molar-refractivity contribution in [2.24, 2.45) is 0 Å². The molecule has 0 saturated carbocycles. The molecule has 1 aromatic carbocycles. The van der Waals surface area contributed by atoms with Gasteiger partial charge in [0, 0.05) is 5.71 Å². The van der Waals surface area contributed by atoms with Gasteiger partial charge in [-0.25, -0.2) is 8.42 Å². The largest absolute Gasteiger partial charge is 0.508 e. The van der Waals surface area contributed by atoms with E-state index in [0.29, 0.717) is 0 Å². The van der Waals surface area contributed by atoms with E-state index < -0.39 is 40.7 Å². The number of allylic oxidation sites excluding steroid dienone is 1. The first kappa shape index (κ1) is 20.5. The normalized spacial score (nSPS) is 12.3. The maximum Gasteiger partial charge on any atom is 0.321 e. The van der Waals surface area contributed by atoms with Gasteiger partial charge in [-0.05, 0) is 32.9 Å². The van der Waals surface area contributed by atoms with E-state index in [1.807, 2.05) is 6.92 Å². The number of aliphatic hydroxyl groups excluding tert-OH is 1. The Bertz CT molecular complexity index is 794. The Morgan fingerprint density at radius 2 is 1.76 bits per heavy atom. The highest BCUT2D eigenvalue weighted by Gasteiger charge is 2.18. The van der Waals surface area contributed by atoms with Crippen LogP contribution in [0.4, 0.5) is 0 Å². The summed E-state index contributed by atoms with van der Waals surface area (Å²) in [6, 6.07) is 6.06. The summed E-state index contributed by atoms with van der Waals surface area (Å²) in [7, 11) is -3.87. The van der Waals surface area contributed by atoms with Gasteiger partial charge in [-0.15, -0.1) is 0 Å². The molecule has 0 spiro atoms. The highest BCUT2D eigenvalue weighted by Crippen LogP contribution is 2.10. The summed E-state index contributed by atoms with van der Waals surface area (Å²) in [6.45, 7) is 3.02. The Balaban J connectivity index is 2.66. The maximum absolute atomic E-state index is 12.0. The van der Waals surface area contributed by atoms with Crippen LogP contribution >= 0.6 is 0 Å². The number of carbonyl (C=O) groups excluding carboxylic acids is 2. The van der Waals surface area contributed by atoms with E-state index in [4.69, 9.17) is 10.1 Å². The fourth-order valence-electron chi connectivity index (χ4n) is 1.91. The maximum atomic E-state index is 12.0. The second kappa shape index (κ2) is 8.54. The van der Waals surface area contributed by atoms with Crippen molar-refractivity contribution in [1.82, 2.24) is 4.72 Å². The number of benzene rings is 1. The Morgan fingerprint density at radius 3 is 2.24 bits per heavy atom. The average Bonchev–Trinajstić information content (AvgIpc) is 2.50. The van der Waals surface area contributed by atoms with Gasteiger partial charge in [0.2, 0.25) is 10.0 Å². The molecule has 0 aromatic heterocycles. The van der Waals surface area contributed by atoms with Crippen molar-refractivity contribution in [3.8, 4) is 0 Å². The smallest absolute Gasteiger partial charge is 0.321 e. The van der Waals surface area contributed by atoms with Gasteiger partial charge in [-0.2, -0.15) is 4.72 Å². The van der Waals surface area contributed by atoms with Gasteiger partial charge < -0.3 is 15.3 Å². The van der Waals surface area contributed by atoms with Crippen LogP contribution in [0.2, 0.25) is 0 Å². The van der Waals surface area contributed by atoms with E-state index in [9.17, 15) is 23.1 Å². The Kier molecular flexibility index (Phi) is 7.01. The van der Waals surface area contributed by atoms with Crippen molar-refractivity contribution in [1.29, 1.82) is 5.41 Å². The Morgan fingerprint density at radius 1 is 1.20 bits per heavy atom. The second-order valence-electron chi connectivity index (χ2n) is 5.30. The van der Waals surface area contributed by atoms with E-state index >= 15 is 0 Å². The molecule has 0 aliphatic carbocycles. The molecule has 25 heavy (non-hydrogen) atoms. The highest BCUT2D eigenvalue weighted by molar-refractivity contribution is 7.89. The van der Waals surface area contributed by atoms with Gasteiger partial charge in [-0.3, -0.25) is 9.59 Å². The number of hydrogen-bond donors (Lipinski definition) is 3. The summed E-state index contributed by atoms with van der Waals surface area (Å²) in [4.78, 5) is 22.9. The van der Waals surface area contributed by atoms with Gasteiger partial charge >= 0.3 is 5.97 Å². The van der Waals surface area contributed by atoms with Gasteiger partial charge in [0.05, 0.1) is 10.5 Å². The summed E-state index contributed by atoms with van der Waals surface area (Å²) in [6.07, 6.45) is 0. The number of ether oxygens (including phenoxy) is 1. The molecule has 0 radical (unpaired) electrons. The number of carbonyl (C=O) groups is 2. The molecule has 8 nitrogen and oxygen atoms in total. The number of aliphatic hydroxyl groups is 1. The van der Waals surface area contributed by atoms with Crippen LogP contribution in [0.3, 0.4) is 0 Å². The lowest BCUT2D eigenvalue weighted by atomic mass is 10.1. The quantitative estimate of drug-likeness (QED) is 0.274. The fourth-order valence-corrected chi connectivity index (χ4v) is 2.88. The molecule has 0 amide bonds. The molecule has 3 N–H and O–H groups in total. The zero-order valence-electron chi connectivity index (χ0n) is 14.1. The van der Waals surface area contributed by atoms with Gasteiger partial charge in [0.25, 0.3) is 0 Å². The van der Waals surface area contributed by atoms with E-state index in [0.717, 1.165) is 5.56 Å². The van der Waals surface area contributed by atoms with E-state index in [-0.39, 0.29) is 16.2 Å². The molecular weight excluding hydrogens is 348 g/mol. The number of Topliss-reactive ketones (excluding diaryl/α,β-unsaturated/α-hetero) is 1. The Labute approximate surface area is 146 Å². The summed E-state index contributed by atoms with van der Waals surface area (Å²) in [5, 5.41) is 17.1. The Hall–Kier alpha value is -2.52. The third kappa shape index (κ3) is 6.12. The molecule has 1 rings (SSSR count). The monoisotopic (exact) mass is 368 g/mol. The van der Waals surface area contributed by atoms with Crippen molar-refractivity contribution in [3.63, 3.8) is 0 Å². The van der Waals surface area contributed by atoms with Crippen LogP contribution < -0.4 is 4.72 Å². The van der Waals surface area contributed by atoms with Crippen LogP contribution in [0.25, 0.3) is 0 Å². The minimum atomic E-state index is -3.87. The van der Waals surface area contributed by atoms with Crippen molar-refractivity contribution in [2.75, 3.05) is 13.2 Å². The van der Waals surface area contributed by atoms with Crippen LogP contribution in [0.5, 0.6) is 0 Å². The lowest BCUT2D eigenvalue weighted by molar-refractivity contribution is -0.142. The SMILES string of the molecule is CC(=N)/C(C(C)=O)=C(/O)COC(=O)CNS(=O)(=O)c1ccc(C)cc1. The number of hydrogen-bond acceptors (Lipinski definition) is 7. The molecule has 0 unspecified atom stereocenters. The first-order valence-corrected chi connectivity index (χ1v) is 8.73. The van der Waals surface area contributed by atoms with Crippen LogP contribution in [-0.4, -0.2) is 44.1 Å². The molecule has 0 bridgehead atoms. The van der Waals surface area contributed by atoms with Crippen LogP contribution in [0.15, 0.2) is 40.5 Å². The minimum Gasteiger partial charge on any atom is -0.508 e. The molecule has 0 saturated heterocycles. The second-order valence-corrected chi connectivity index (χ2v) is 7.07. The zero-order chi connectivity index (χ0) is 19.2. The molecule has 1 aromatic rings. The molecular formula is C16H20N2O6S. The highest BCUT2D eigenvalue weighted by atomic mass is 32.2. The number of esters is 1. The average molecular weight is 368 g/mol. The van der Waals surface area contributed by atoms with Crippen LogP contribution in [-0.2, 0) is 24.3 Å². The molecule has 0 heterocycles. The molecule has 9 heteroatoms. The third-order valence-electron chi connectivity index (χ3n) is 3.12. The number of nitrogens with one attached hydrogen (secondary N) is 2. The van der Waals surface area contributed by atoms with E-state index in [1.165, 1.54) is 26.0 Å². The third-order valence-corrected chi connectivity index (χ3v) is 4.54. The standard InChI is InChI=1S/C16H20N2O6S/c1-10-4-6-13(7-5-10)25(22,23)18-8-15(21)24-9-14(20)16(11(2)17)12(3)19/h4-7,17-18,20H,8-9H2,1-3H3/b16-14-,17-11?. The lowest BCUT2D eigenvalue weighted by Gasteiger charge is -2.09. The molecule has 0 aliphatic rings.